The fourth-order valence-electron chi connectivity index (χ4n) is 1.59. The molecule has 0 spiro atoms. The molecule has 0 saturated carbocycles. The number of rotatable bonds is 11. The van der Waals surface area contributed by atoms with E-state index in [9.17, 15) is 13.5 Å². The molecule has 5 nitrogen and oxygen atoms in total. The molecule has 0 atom stereocenters. The third kappa shape index (κ3) is 18.4. The average molecular weight is 301 g/mol. The van der Waals surface area contributed by atoms with Crippen molar-refractivity contribution in [2.24, 2.45) is 4.99 Å². The maximum atomic E-state index is 11.3. The molecule has 0 aliphatic carbocycles. The molecule has 0 aromatic carbocycles. The monoisotopic (exact) mass is 301 g/mol. The van der Waals surface area contributed by atoms with E-state index in [4.69, 9.17) is 4.55 Å². The van der Waals surface area contributed by atoms with Gasteiger partial charge in [-0.15, -0.1) is 0 Å². The molecule has 0 aliphatic rings. The van der Waals surface area contributed by atoms with Crippen molar-refractivity contribution in [1.29, 1.82) is 0 Å². The largest absolute Gasteiger partial charge is 1.00 e. The van der Waals surface area contributed by atoms with E-state index in [1.165, 1.54) is 19.3 Å². The summed E-state index contributed by atoms with van der Waals surface area (Å²) in [6.45, 7) is 2.34. The molecule has 0 radical (unpaired) electrons. The molecule has 0 bridgehead atoms. The van der Waals surface area contributed by atoms with E-state index < -0.39 is 10.1 Å². The Labute approximate surface area is 138 Å². The van der Waals surface area contributed by atoms with Crippen LogP contribution in [0.25, 0.3) is 0 Å². The third-order valence-electron chi connectivity index (χ3n) is 2.59. The van der Waals surface area contributed by atoms with E-state index in [0.29, 0.717) is 6.42 Å². The minimum Gasteiger partial charge on any atom is -0.862 e. The van der Waals surface area contributed by atoms with Crippen molar-refractivity contribution in [3.8, 4) is 0 Å². The van der Waals surface area contributed by atoms with Crippen LogP contribution in [-0.2, 0) is 10.1 Å². The molecule has 7 heteroatoms. The van der Waals surface area contributed by atoms with Gasteiger partial charge in [-0.05, 0) is 25.2 Å². The predicted molar refractivity (Wildman–Crippen MR) is 71.3 cm³/mol. The summed E-state index contributed by atoms with van der Waals surface area (Å²) >= 11 is 0. The van der Waals surface area contributed by atoms with Gasteiger partial charge in [0.15, 0.2) is 0 Å². The van der Waals surface area contributed by atoms with Crippen LogP contribution in [0.2, 0.25) is 0 Å². The van der Waals surface area contributed by atoms with E-state index in [0.717, 1.165) is 19.3 Å². The number of hydrogen-bond acceptors (Lipinski definition) is 4. The van der Waals surface area contributed by atoms with Crippen molar-refractivity contribution in [1.82, 2.24) is 0 Å². The maximum absolute atomic E-state index is 11.3. The van der Waals surface area contributed by atoms with Crippen molar-refractivity contribution in [3.63, 3.8) is 0 Å². The van der Waals surface area contributed by atoms with Crippen LogP contribution in [0.1, 0.15) is 58.3 Å². The summed E-state index contributed by atoms with van der Waals surface area (Å²) in [6.07, 6.45) is 7.37. The van der Waals surface area contributed by atoms with Crippen molar-refractivity contribution < 1.29 is 47.6 Å². The van der Waals surface area contributed by atoms with Gasteiger partial charge in [0.05, 0.1) is 5.75 Å². The van der Waals surface area contributed by atoms with Crippen LogP contribution in [0, 0.1) is 0 Å². The zero-order valence-corrected chi connectivity index (χ0v) is 14.9. The first kappa shape index (κ1) is 21.7. The van der Waals surface area contributed by atoms with E-state index in [-0.39, 0.29) is 54.2 Å². The number of unbranched alkanes of at least 4 members (excludes halogenated alkanes) is 5. The van der Waals surface area contributed by atoms with Gasteiger partial charge in [-0.2, -0.15) is 8.42 Å². The standard InChI is InChI=1S/C12H25NO4S.Na/c1-2-3-4-5-6-7-9-12(14)13-10-8-11-18(15,16)17;/h2-11H2,1H3,(H,13,14)(H,15,16,17);/q;+1/p-1. The Morgan fingerprint density at radius 1 is 1.11 bits per heavy atom. The molecule has 0 aromatic heterocycles. The van der Waals surface area contributed by atoms with Crippen molar-refractivity contribution in [3.05, 3.63) is 0 Å². The Hall–Kier alpha value is 0.380. The molecule has 0 rings (SSSR count). The molecular formula is C12H24NNaO4S. The van der Waals surface area contributed by atoms with Crippen LogP contribution in [0.15, 0.2) is 4.99 Å². The second kappa shape index (κ2) is 13.4. The third-order valence-corrected chi connectivity index (χ3v) is 3.40. The molecule has 1 N–H and O–H groups in total. The topological polar surface area (TPSA) is 89.8 Å². The predicted octanol–water partition coefficient (Wildman–Crippen LogP) is -1.22. The molecule has 0 saturated heterocycles. The zero-order chi connectivity index (χ0) is 13.9. The Bertz CT molecular complexity index is 331. The molecule has 0 aliphatic heterocycles. The van der Waals surface area contributed by atoms with E-state index in [2.05, 4.69) is 11.9 Å². The summed E-state index contributed by atoms with van der Waals surface area (Å²) < 4.78 is 29.3. The van der Waals surface area contributed by atoms with Gasteiger partial charge in [0.1, 0.15) is 0 Å². The minimum atomic E-state index is -3.92. The van der Waals surface area contributed by atoms with Gasteiger partial charge < -0.3 is 10.1 Å². The van der Waals surface area contributed by atoms with E-state index >= 15 is 0 Å². The van der Waals surface area contributed by atoms with Gasteiger partial charge in [-0.25, -0.2) is 0 Å². The van der Waals surface area contributed by atoms with Crippen LogP contribution >= 0.6 is 0 Å². The second-order valence-electron chi connectivity index (χ2n) is 4.43. The van der Waals surface area contributed by atoms with Crippen molar-refractivity contribution >= 4 is 16.0 Å². The maximum Gasteiger partial charge on any atom is 1.00 e. The summed E-state index contributed by atoms with van der Waals surface area (Å²) in [6, 6.07) is 0. The average Bonchev–Trinajstić information content (AvgIpc) is 2.28. The summed E-state index contributed by atoms with van der Waals surface area (Å²) in [5.74, 6) is -0.498. The first-order chi connectivity index (χ1) is 8.45. The number of aliphatic imine (C=N–C) groups is 1. The molecular weight excluding hydrogens is 277 g/mol. The number of nitrogens with zero attached hydrogens (tertiary/aromatic N) is 1. The van der Waals surface area contributed by atoms with Crippen LogP contribution in [-0.4, -0.2) is 31.2 Å². The fraction of sp³-hybridized carbons (Fsp3) is 0.917. The first-order valence-corrected chi connectivity index (χ1v) is 8.22. The van der Waals surface area contributed by atoms with Crippen molar-refractivity contribution in [2.45, 2.75) is 58.3 Å². The molecule has 0 aromatic rings. The van der Waals surface area contributed by atoms with Gasteiger partial charge in [-0.3, -0.25) is 4.55 Å². The molecule has 0 amide bonds. The van der Waals surface area contributed by atoms with Gasteiger partial charge >= 0.3 is 29.6 Å². The summed E-state index contributed by atoms with van der Waals surface area (Å²) in [5.41, 5.74) is 0. The molecule has 108 valence electrons. The quantitative estimate of drug-likeness (QED) is 0.170. The van der Waals surface area contributed by atoms with Crippen LogP contribution < -0.4 is 34.7 Å². The van der Waals surface area contributed by atoms with Gasteiger partial charge in [0.25, 0.3) is 10.1 Å². The molecule has 19 heavy (non-hydrogen) atoms. The normalized spacial score (nSPS) is 12.2. The second-order valence-corrected chi connectivity index (χ2v) is 6.00. The summed E-state index contributed by atoms with van der Waals surface area (Å²) in [4.78, 5) is 3.75. The SMILES string of the molecule is CCCCCCCCC([O-])=NCCCS(=O)(=O)O.[Na+]. The summed E-state index contributed by atoms with van der Waals surface area (Å²) in [7, 11) is -3.92. The fourth-order valence-corrected chi connectivity index (χ4v) is 2.08. The first-order valence-electron chi connectivity index (χ1n) is 6.61. The van der Waals surface area contributed by atoms with Crippen LogP contribution in [0.5, 0.6) is 0 Å². The zero-order valence-electron chi connectivity index (χ0n) is 12.1. The van der Waals surface area contributed by atoms with Gasteiger partial charge in [-0.1, -0.05) is 39.0 Å². The molecule has 0 unspecified atom stereocenters. The van der Waals surface area contributed by atoms with Crippen LogP contribution in [0.4, 0.5) is 0 Å². The Morgan fingerprint density at radius 3 is 2.26 bits per heavy atom. The Kier molecular flexibility index (Phi) is 15.2. The van der Waals surface area contributed by atoms with Gasteiger partial charge in [0.2, 0.25) is 0 Å². The minimum absolute atomic E-state index is 0. The summed E-state index contributed by atoms with van der Waals surface area (Å²) in [5, 5.41) is 11.3. The van der Waals surface area contributed by atoms with Crippen molar-refractivity contribution in [2.75, 3.05) is 12.3 Å². The number of hydrogen-bond donors (Lipinski definition) is 1. The smallest absolute Gasteiger partial charge is 0.862 e. The molecule has 0 heterocycles. The Morgan fingerprint density at radius 2 is 1.68 bits per heavy atom. The Balaban J connectivity index is 0. The van der Waals surface area contributed by atoms with E-state index in [1.54, 1.807) is 0 Å². The molecule has 0 fully saturated rings. The van der Waals surface area contributed by atoms with E-state index in [1.807, 2.05) is 0 Å². The van der Waals surface area contributed by atoms with Crippen LogP contribution in [0.3, 0.4) is 0 Å². The van der Waals surface area contributed by atoms with Gasteiger partial charge in [0, 0.05) is 6.54 Å².